The van der Waals surface area contributed by atoms with Crippen molar-refractivity contribution in [1.82, 2.24) is 9.78 Å². The summed E-state index contributed by atoms with van der Waals surface area (Å²) in [6.45, 7) is 4.81. The molecule has 3 nitrogen and oxygen atoms in total. The molecule has 2 rings (SSSR count). The summed E-state index contributed by atoms with van der Waals surface area (Å²) in [4.78, 5) is 11.6. The molecule has 1 aliphatic rings. The number of aryl methyl sites for hydroxylation is 2. The van der Waals surface area contributed by atoms with Gasteiger partial charge in [-0.05, 0) is 26.7 Å². The Morgan fingerprint density at radius 2 is 2.23 bits per heavy atom. The van der Waals surface area contributed by atoms with Gasteiger partial charge in [-0.2, -0.15) is 5.10 Å². The molecule has 0 aromatic carbocycles. The topological polar surface area (TPSA) is 34.9 Å². The minimum atomic E-state index is 0.267. The van der Waals surface area contributed by atoms with Crippen molar-refractivity contribution in [3.63, 3.8) is 0 Å². The van der Waals surface area contributed by atoms with Crippen LogP contribution in [-0.2, 0) is 13.0 Å². The van der Waals surface area contributed by atoms with E-state index in [-0.39, 0.29) is 5.78 Å². The summed E-state index contributed by atoms with van der Waals surface area (Å²) in [5.41, 5.74) is 3.08. The molecule has 1 heterocycles. The number of rotatable bonds is 1. The molecule has 1 aromatic heterocycles. The van der Waals surface area contributed by atoms with E-state index in [2.05, 4.69) is 5.10 Å². The Kier molecular flexibility index (Phi) is 1.94. The first kappa shape index (κ1) is 8.48. The number of fused-ring (bicyclic) bond motifs is 1. The van der Waals surface area contributed by atoms with Crippen molar-refractivity contribution in [3.05, 3.63) is 17.0 Å². The van der Waals surface area contributed by atoms with Crippen LogP contribution in [0.3, 0.4) is 0 Å². The van der Waals surface area contributed by atoms with Gasteiger partial charge in [0, 0.05) is 18.5 Å². The highest BCUT2D eigenvalue weighted by Crippen LogP contribution is 2.23. The van der Waals surface area contributed by atoms with Gasteiger partial charge in [0.15, 0.2) is 5.78 Å². The summed E-state index contributed by atoms with van der Waals surface area (Å²) in [5.74, 6) is 0.267. The maximum atomic E-state index is 11.6. The Morgan fingerprint density at radius 3 is 2.92 bits per heavy atom. The lowest BCUT2D eigenvalue weighted by molar-refractivity contribution is 0.0962. The van der Waals surface area contributed by atoms with Gasteiger partial charge in [-0.1, -0.05) is 0 Å². The summed E-state index contributed by atoms with van der Waals surface area (Å²) >= 11 is 0. The van der Waals surface area contributed by atoms with Gasteiger partial charge in [0.05, 0.1) is 5.69 Å². The van der Waals surface area contributed by atoms with Crippen LogP contribution in [0.2, 0.25) is 0 Å². The lowest BCUT2D eigenvalue weighted by Gasteiger charge is -2.11. The van der Waals surface area contributed by atoms with Gasteiger partial charge in [0.1, 0.15) is 5.69 Å². The summed E-state index contributed by atoms with van der Waals surface area (Å²) in [6.07, 6.45) is 2.70. The average Bonchev–Trinajstić information content (AvgIpc) is 2.45. The molecule has 0 bridgehead atoms. The van der Waals surface area contributed by atoms with Crippen LogP contribution in [0, 0.1) is 6.92 Å². The molecule has 70 valence electrons. The van der Waals surface area contributed by atoms with E-state index >= 15 is 0 Å². The number of carbonyl (C=O) groups is 1. The summed E-state index contributed by atoms with van der Waals surface area (Å²) in [7, 11) is 0. The number of hydrogen-bond donors (Lipinski definition) is 0. The molecule has 0 aliphatic heterocycles. The molecule has 1 aromatic rings. The van der Waals surface area contributed by atoms with Crippen LogP contribution in [0.5, 0.6) is 0 Å². The summed E-state index contributed by atoms with van der Waals surface area (Å²) in [5, 5.41) is 4.36. The van der Waals surface area contributed by atoms with Crippen LogP contribution < -0.4 is 0 Å². The third-order valence-corrected chi connectivity index (χ3v) is 2.65. The highest BCUT2D eigenvalue weighted by molar-refractivity contribution is 5.97. The van der Waals surface area contributed by atoms with Crippen molar-refractivity contribution in [2.45, 2.75) is 39.7 Å². The molecule has 0 saturated heterocycles. The predicted octanol–water partition coefficient (Wildman–Crippen LogP) is 1.73. The molecule has 0 unspecified atom stereocenters. The van der Waals surface area contributed by atoms with Gasteiger partial charge >= 0.3 is 0 Å². The number of nitrogens with zero attached hydrogens (tertiary/aromatic N) is 2. The summed E-state index contributed by atoms with van der Waals surface area (Å²) < 4.78 is 1.84. The second-order valence-corrected chi connectivity index (χ2v) is 3.51. The van der Waals surface area contributed by atoms with E-state index in [4.69, 9.17) is 0 Å². The van der Waals surface area contributed by atoms with E-state index in [1.165, 1.54) is 5.56 Å². The maximum Gasteiger partial charge on any atom is 0.181 e. The van der Waals surface area contributed by atoms with E-state index in [9.17, 15) is 4.79 Å². The minimum Gasteiger partial charge on any atom is -0.292 e. The Labute approximate surface area is 77.7 Å². The molecule has 0 N–H and O–H groups in total. The second kappa shape index (κ2) is 2.98. The second-order valence-electron chi connectivity index (χ2n) is 3.51. The van der Waals surface area contributed by atoms with Gasteiger partial charge in [0.2, 0.25) is 0 Å². The third-order valence-electron chi connectivity index (χ3n) is 2.65. The van der Waals surface area contributed by atoms with Gasteiger partial charge in [-0.25, -0.2) is 0 Å². The van der Waals surface area contributed by atoms with Crippen LogP contribution in [0.4, 0.5) is 0 Å². The largest absolute Gasteiger partial charge is 0.292 e. The van der Waals surface area contributed by atoms with Crippen molar-refractivity contribution in [2.75, 3.05) is 0 Å². The van der Waals surface area contributed by atoms with Crippen LogP contribution in [0.25, 0.3) is 0 Å². The lowest BCUT2D eigenvalue weighted by atomic mass is 9.95. The highest BCUT2D eigenvalue weighted by Gasteiger charge is 2.24. The zero-order chi connectivity index (χ0) is 9.42. The predicted molar refractivity (Wildman–Crippen MR) is 49.9 cm³/mol. The smallest absolute Gasteiger partial charge is 0.181 e. The average molecular weight is 178 g/mol. The Morgan fingerprint density at radius 1 is 1.46 bits per heavy atom. The maximum absolute atomic E-state index is 11.6. The van der Waals surface area contributed by atoms with Crippen molar-refractivity contribution in [2.24, 2.45) is 0 Å². The van der Waals surface area contributed by atoms with E-state index in [0.717, 1.165) is 30.8 Å². The number of hydrogen-bond acceptors (Lipinski definition) is 2. The van der Waals surface area contributed by atoms with Gasteiger partial charge in [-0.3, -0.25) is 9.48 Å². The van der Waals surface area contributed by atoms with Crippen molar-refractivity contribution in [1.29, 1.82) is 0 Å². The van der Waals surface area contributed by atoms with Crippen LogP contribution in [0.1, 0.15) is 41.5 Å². The Bertz CT molecular complexity index is 352. The first-order chi connectivity index (χ1) is 6.24. The summed E-state index contributed by atoms with van der Waals surface area (Å²) in [6, 6.07) is 0. The van der Waals surface area contributed by atoms with E-state index in [1.54, 1.807) is 0 Å². The molecular formula is C10H14N2O. The molecule has 0 atom stereocenters. The fourth-order valence-corrected chi connectivity index (χ4v) is 2.00. The quantitative estimate of drug-likeness (QED) is 0.656. The van der Waals surface area contributed by atoms with Gasteiger partial charge < -0.3 is 0 Å². The molecule has 0 spiro atoms. The van der Waals surface area contributed by atoms with Crippen molar-refractivity contribution >= 4 is 5.78 Å². The molecule has 1 aliphatic carbocycles. The number of Topliss-reactive ketones (excluding diaryl/α,β-unsaturated/α-hetero) is 1. The molecule has 3 heteroatoms. The number of ketones is 1. The van der Waals surface area contributed by atoms with Crippen LogP contribution in [-0.4, -0.2) is 15.6 Å². The first-order valence-electron chi connectivity index (χ1n) is 4.83. The zero-order valence-electron chi connectivity index (χ0n) is 8.13. The molecule has 0 fully saturated rings. The molecule has 13 heavy (non-hydrogen) atoms. The van der Waals surface area contributed by atoms with Gasteiger partial charge in [0.25, 0.3) is 0 Å². The normalized spacial score (nSPS) is 16.0. The first-order valence-corrected chi connectivity index (χ1v) is 4.83. The molecular weight excluding hydrogens is 164 g/mol. The molecule has 0 saturated carbocycles. The van der Waals surface area contributed by atoms with Crippen LogP contribution in [0.15, 0.2) is 0 Å². The number of aromatic nitrogens is 2. The Balaban J connectivity index is 2.58. The zero-order valence-corrected chi connectivity index (χ0v) is 8.13. The van der Waals surface area contributed by atoms with Crippen LogP contribution >= 0.6 is 0 Å². The fourth-order valence-electron chi connectivity index (χ4n) is 2.00. The SMILES string of the molecule is CCn1nc(C)c2c1C(=O)CCC2. The monoisotopic (exact) mass is 178 g/mol. The standard InChI is InChI=1S/C10H14N2O/c1-3-12-10-8(7(2)11-12)5-4-6-9(10)13/h3-6H2,1-2H3. The van der Waals surface area contributed by atoms with E-state index < -0.39 is 0 Å². The minimum absolute atomic E-state index is 0.267. The van der Waals surface area contributed by atoms with E-state index in [0.29, 0.717) is 6.42 Å². The van der Waals surface area contributed by atoms with Gasteiger partial charge in [-0.15, -0.1) is 0 Å². The number of carbonyl (C=O) groups excluding carboxylic acids is 1. The van der Waals surface area contributed by atoms with Crippen molar-refractivity contribution in [3.8, 4) is 0 Å². The third kappa shape index (κ3) is 1.19. The van der Waals surface area contributed by atoms with Crippen molar-refractivity contribution < 1.29 is 4.79 Å². The fraction of sp³-hybridized carbons (Fsp3) is 0.600. The molecule has 0 radical (unpaired) electrons. The molecule has 0 amide bonds. The lowest BCUT2D eigenvalue weighted by Crippen LogP contribution is -2.15. The highest BCUT2D eigenvalue weighted by atomic mass is 16.1. The Hall–Kier alpha value is -1.12. The van der Waals surface area contributed by atoms with E-state index in [1.807, 2.05) is 18.5 Å².